The van der Waals surface area contributed by atoms with E-state index >= 15 is 0 Å². The van der Waals surface area contributed by atoms with Crippen molar-refractivity contribution in [3.05, 3.63) is 42.5 Å². The van der Waals surface area contributed by atoms with Gasteiger partial charge in [-0.1, -0.05) is 13.8 Å². The maximum absolute atomic E-state index is 5.86. The lowest BCUT2D eigenvalue weighted by Gasteiger charge is -2.20. The van der Waals surface area contributed by atoms with Crippen molar-refractivity contribution in [2.45, 2.75) is 26.3 Å². The van der Waals surface area contributed by atoms with Gasteiger partial charge in [0.15, 0.2) is 0 Å². The molecule has 96 valence electrons. The molecule has 0 radical (unpaired) electrons. The zero-order chi connectivity index (χ0) is 13.0. The number of rotatable bonds is 5. The first-order valence-electron chi connectivity index (χ1n) is 6.17. The van der Waals surface area contributed by atoms with Gasteiger partial charge in [-0.3, -0.25) is 0 Å². The molecule has 1 unspecified atom stereocenters. The van der Waals surface area contributed by atoms with Gasteiger partial charge in [-0.2, -0.15) is 0 Å². The first-order chi connectivity index (χ1) is 8.72. The van der Waals surface area contributed by atoms with Crippen molar-refractivity contribution in [1.29, 1.82) is 0 Å². The summed E-state index contributed by atoms with van der Waals surface area (Å²) in [5.41, 5.74) is 8.01. The zero-order valence-electron chi connectivity index (χ0n) is 10.8. The maximum Gasteiger partial charge on any atom is 0.115 e. The molecule has 0 spiro atoms. The second-order valence-corrected chi connectivity index (χ2v) is 4.73. The number of aromatic nitrogens is 4. The molecule has 0 aliphatic rings. The molecule has 0 amide bonds. The first kappa shape index (κ1) is 12.7. The molecule has 0 saturated carbocycles. The normalized spacial score (nSPS) is 12.9. The summed E-state index contributed by atoms with van der Waals surface area (Å²) in [6.07, 6.45) is 7.05. The van der Waals surface area contributed by atoms with Crippen LogP contribution in [0.25, 0.3) is 0 Å². The van der Waals surface area contributed by atoms with Gasteiger partial charge in [-0.05, 0) is 12.0 Å². The van der Waals surface area contributed by atoms with E-state index < -0.39 is 0 Å². The second-order valence-electron chi connectivity index (χ2n) is 4.73. The number of imidazole rings is 1. The van der Waals surface area contributed by atoms with Gasteiger partial charge in [-0.25, -0.2) is 15.0 Å². The molecule has 0 fully saturated rings. The van der Waals surface area contributed by atoms with Crippen LogP contribution in [0.2, 0.25) is 0 Å². The molecule has 2 rings (SSSR count). The predicted molar refractivity (Wildman–Crippen MR) is 70.0 cm³/mol. The van der Waals surface area contributed by atoms with E-state index in [4.69, 9.17) is 5.73 Å². The molecule has 2 aromatic rings. The third-order valence-electron chi connectivity index (χ3n) is 3.16. The van der Waals surface area contributed by atoms with E-state index in [1.165, 1.54) is 5.69 Å². The van der Waals surface area contributed by atoms with Gasteiger partial charge >= 0.3 is 0 Å². The highest BCUT2D eigenvalue weighted by atomic mass is 15.1. The molecule has 5 nitrogen and oxygen atoms in total. The van der Waals surface area contributed by atoms with Crippen molar-refractivity contribution in [3.63, 3.8) is 0 Å². The molecular weight excluding hydrogens is 226 g/mol. The Morgan fingerprint density at radius 2 is 2.17 bits per heavy atom. The number of hydrogen-bond acceptors (Lipinski definition) is 4. The van der Waals surface area contributed by atoms with Crippen LogP contribution in [0.4, 0.5) is 0 Å². The van der Waals surface area contributed by atoms with Gasteiger partial charge in [-0.15, -0.1) is 0 Å². The van der Waals surface area contributed by atoms with E-state index in [2.05, 4.69) is 33.4 Å². The summed E-state index contributed by atoms with van der Waals surface area (Å²) in [6.45, 7) is 5.70. The highest BCUT2D eigenvalue weighted by Gasteiger charge is 2.18. The quantitative estimate of drug-likeness (QED) is 0.865. The van der Waals surface area contributed by atoms with Crippen molar-refractivity contribution >= 4 is 0 Å². The number of hydrogen-bond donors (Lipinski definition) is 1. The van der Waals surface area contributed by atoms with Crippen LogP contribution >= 0.6 is 0 Å². The minimum atomic E-state index is 0.328. The minimum Gasteiger partial charge on any atom is -0.330 e. The Kier molecular flexibility index (Phi) is 4.04. The Bertz CT molecular complexity index is 477. The Morgan fingerprint density at radius 3 is 2.78 bits per heavy atom. The van der Waals surface area contributed by atoms with Crippen molar-refractivity contribution < 1.29 is 0 Å². The molecule has 2 heterocycles. The standard InChI is InChI=1S/C13H19N5/c1-10(2)12(5-14)13-6-16-9-18(13)7-11-3-4-15-8-17-11/h3-4,6,8-10,12H,5,7,14H2,1-2H3. The lowest BCUT2D eigenvalue weighted by Crippen LogP contribution is -2.21. The molecule has 0 aliphatic carbocycles. The molecule has 5 heteroatoms. The highest BCUT2D eigenvalue weighted by Crippen LogP contribution is 2.23. The third kappa shape index (κ3) is 2.73. The molecule has 0 aromatic carbocycles. The Morgan fingerprint density at radius 1 is 1.33 bits per heavy atom. The highest BCUT2D eigenvalue weighted by molar-refractivity contribution is 5.11. The monoisotopic (exact) mass is 245 g/mol. The lowest BCUT2D eigenvalue weighted by atomic mass is 9.93. The average molecular weight is 245 g/mol. The van der Waals surface area contributed by atoms with Crippen molar-refractivity contribution in [2.24, 2.45) is 11.7 Å². The van der Waals surface area contributed by atoms with E-state index in [0.29, 0.717) is 24.9 Å². The van der Waals surface area contributed by atoms with Crippen LogP contribution in [0.3, 0.4) is 0 Å². The van der Waals surface area contributed by atoms with Gasteiger partial charge in [0.05, 0.1) is 18.6 Å². The maximum atomic E-state index is 5.86. The van der Waals surface area contributed by atoms with E-state index in [1.807, 2.05) is 18.6 Å². The molecule has 0 bridgehead atoms. The van der Waals surface area contributed by atoms with Crippen LogP contribution in [-0.2, 0) is 6.54 Å². The summed E-state index contributed by atoms with van der Waals surface area (Å²) in [5, 5.41) is 0. The van der Waals surface area contributed by atoms with Crippen LogP contribution < -0.4 is 5.73 Å². The fourth-order valence-corrected chi connectivity index (χ4v) is 2.09. The molecule has 18 heavy (non-hydrogen) atoms. The fraction of sp³-hybridized carbons (Fsp3) is 0.462. The van der Waals surface area contributed by atoms with Crippen LogP contribution in [0.1, 0.15) is 31.2 Å². The summed E-state index contributed by atoms with van der Waals surface area (Å²) in [4.78, 5) is 12.4. The second kappa shape index (κ2) is 5.73. The third-order valence-corrected chi connectivity index (χ3v) is 3.16. The molecular formula is C13H19N5. The van der Waals surface area contributed by atoms with Gasteiger partial charge in [0, 0.05) is 30.6 Å². The minimum absolute atomic E-state index is 0.328. The number of nitrogens with zero attached hydrogens (tertiary/aromatic N) is 4. The van der Waals surface area contributed by atoms with E-state index in [1.54, 1.807) is 12.5 Å². The van der Waals surface area contributed by atoms with Crippen LogP contribution in [0, 0.1) is 5.92 Å². The molecule has 1 atom stereocenters. The van der Waals surface area contributed by atoms with Gasteiger partial charge in [0.25, 0.3) is 0 Å². The Balaban J connectivity index is 2.22. The smallest absolute Gasteiger partial charge is 0.115 e. The van der Waals surface area contributed by atoms with E-state index in [-0.39, 0.29) is 0 Å². The molecule has 0 saturated heterocycles. The summed E-state index contributed by atoms with van der Waals surface area (Å²) in [6, 6.07) is 1.91. The Labute approximate surface area is 107 Å². The van der Waals surface area contributed by atoms with E-state index in [9.17, 15) is 0 Å². The van der Waals surface area contributed by atoms with Gasteiger partial charge in [0.2, 0.25) is 0 Å². The first-order valence-corrected chi connectivity index (χ1v) is 6.17. The van der Waals surface area contributed by atoms with Crippen LogP contribution in [-0.4, -0.2) is 26.1 Å². The summed E-state index contributed by atoms with van der Waals surface area (Å²) < 4.78 is 2.11. The molecule has 2 N–H and O–H groups in total. The lowest BCUT2D eigenvalue weighted by molar-refractivity contribution is 0.477. The number of nitrogens with two attached hydrogens (primary N) is 1. The van der Waals surface area contributed by atoms with E-state index in [0.717, 1.165) is 5.69 Å². The fourth-order valence-electron chi connectivity index (χ4n) is 2.09. The average Bonchev–Trinajstić information content (AvgIpc) is 2.79. The molecule has 0 aliphatic heterocycles. The molecule has 2 aromatic heterocycles. The van der Waals surface area contributed by atoms with Crippen molar-refractivity contribution in [3.8, 4) is 0 Å². The van der Waals surface area contributed by atoms with Crippen molar-refractivity contribution in [2.75, 3.05) is 6.54 Å². The van der Waals surface area contributed by atoms with Gasteiger partial charge < -0.3 is 10.3 Å². The van der Waals surface area contributed by atoms with Crippen molar-refractivity contribution in [1.82, 2.24) is 19.5 Å². The largest absolute Gasteiger partial charge is 0.330 e. The van der Waals surface area contributed by atoms with Gasteiger partial charge in [0.1, 0.15) is 6.33 Å². The predicted octanol–water partition coefficient (Wildman–Crippen LogP) is 1.42. The van der Waals surface area contributed by atoms with Crippen LogP contribution in [0.15, 0.2) is 31.1 Å². The van der Waals surface area contributed by atoms with Crippen LogP contribution in [0.5, 0.6) is 0 Å². The zero-order valence-corrected chi connectivity index (χ0v) is 10.8. The SMILES string of the molecule is CC(C)C(CN)c1cncn1Cc1ccncn1. The summed E-state index contributed by atoms with van der Waals surface area (Å²) in [7, 11) is 0. The Hall–Kier alpha value is -1.75. The topological polar surface area (TPSA) is 69.6 Å². The summed E-state index contributed by atoms with van der Waals surface area (Å²) in [5.74, 6) is 0.824. The summed E-state index contributed by atoms with van der Waals surface area (Å²) >= 11 is 0.